The monoisotopic (exact) mass is 499 g/mol. The SMILES string of the molecule is CN=C(NCCc1noc(-c2ccccn2)n1)N(C)Cc1csc(C)n1.I. The Bertz CT molecular complexity index is 865. The molecule has 0 fully saturated rings. The van der Waals surface area contributed by atoms with Gasteiger partial charge < -0.3 is 14.7 Å². The molecule has 0 spiro atoms. The number of aryl methyl sites for hydroxylation is 1. The van der Waals surface area contributed by atoms with Gasteiger partial charge in [0.2, 0.25) is 0 Å². The van der Waals surface area contributed by atoms with E-state index in [0.29, 0.717) is 36.9 Å². The summed E-state index contributed by atoms with van der Waals surface area (Å²) in [6.45, 7) is 3.36. The number of nitrogens with zero attached hydrogens (tertiary/aromatic N) is 6. The van der Waals surface area contributed by atoms with Gasteiger partial charge in [-0.3, -0.25) is 9.98 Å². The highest BCUT2D eigenvalue weighted by atomic mass is 127. The third kappa shape index (κ3) is 5.96. The molecule has 0 aliphatic rings. The van der Waals surface area contributed by atoms with Crippen molar-refractivity contribution in [2.45, 2.75) is 19.9 Å². The number of aromatic nitrogens is 4. The van der Waals surface area contributed by atoms with Crippen molar-refractivity contribution in [1.82, 2.24) is 30.3 Å². The summed E-state index contributed by atoms with van der Waals surface area (Å²) in [5, 5.41) is 10.4. The van der Waals surface area contributed by atoms with Gasteiger partial charge in [0.15, 0.2) is 11.8 Å². The summed E-state index contributed by atoms with van der Waals surface area (Å²) in [4.78, 5) is 19.4. The third-order valence-electron chi connectivity index (χ3n) is 3.62. The molecule has 144 valence electrons. The Morgan fingerprint density at radius 1 is 1.33 bits per heavy atom. The second kappa shape index (κ2) is 10.3. The number of guanidine groups is 1. The predicted octanol–water partition coefficient (Wildman–Crippen LogP) is 2.76. The van der Waals surface area contributed by atoms with E-state index in [1.165, 1.54) is 0 Å². The summed E-state index contributed by atoms with van der Waals surface area (Å²) in [6, 6.07) is 5.57. The van der Waals surface area contributed by atoms with E-state index in [4.69, 9.17) is 4.52 Å². The fraction of sp³-hybridized carbons (Fsp3) is 0.353. The Morgan fingerprint density at radius 2 is 2.19 bits per heavy atom. The molecule has 10 heteroatoms. The largest absolute Gasteiger partial charge is 0.356 e. The predicted molar refractivity (Wildman–Crippen MR) is 116 cm³/mol. The lowest BCUT2D eigenvalue weighted by Crippen LogP contribution is -2.39. The Labute approximate surface area is 179 Å². The number of nitrogens with one attached hydrogen (secondary N) is 1. The van der Waals surface area contributed by atoms with E-state index in [1.807, 2.05) is 37.1 Å². The molecule has 1 N–H and O–H groups in total. The van der Waals surface area contributed by atoms with Crippen molar-refractivity contribution < 1.29 is 4.52 Å². The maximum Gasteiger partial charge on any atom is 0.276 e. The van der Waals surface area contributed by atoms with Gasteiger partial charge in [-0.1, -0.05) is 11.2 Å². The van der Waals surface area contributed by atoms with Gasteiger partial charge in [0.05, 0.1) is 17.2 Å². The molecule has 0 radical (unpaired) electrons. The first-order valence-corrected chi connectivity index (χ1v) is 9.10. The van der Waals surface area contributed by atoms with Gasteiger partial charge in [-0.05, 0) is 19.1 Å². The van der Waals surface area contributed by atoms with Gasteiger partial charge in [0.1, 0.15) is 5.69 Å². The van der Waals surface area contributed by atoms with Crippen LogP contribution in [0.1, 0.15) is 16.5 Å². The van der Waals surface area contributed by atoms with Gasteiger partial charge in [0.25, 0.3) is 5.89 Å². The van der Waals surface area contributed by atoms with Crippen LogP contribution in [0.5, 0.6) is 0 Å². The summed E-state index contributed by atoms with van der Waals surface area (Å²) >= 11 is 1.65. The molecule has 0 aromatic carbocycles. The van der Waals surface area contributed by atoms with Crippen LogP contribution in [0.3, 0.4) is 0 Å². The maximum atomic E-state index is 5.26. The first-order valence-electron chi connectivity index (χ1n) is 8.22. The van der Waals surface area contributed by atoms with E-state index in [1.54, 1.807) is 24.6 Å². The Morgan fingerprint density at radius 3 is 2.85 bits per heavy atom. The van der Waals surface area contributed by atoms with E-state index in [9.17, 15) is 0 Å². The molecule has 0 bridgehead atoms. The zero-order valence-corrected chi connectivity index (χ0v) is 18.6. The molecule has 0 unspecified atom stereocenters. The highest BCUT2D eigenvalue weighted by molar-refractivity contribution is 14.0. The molecule has 3 aromatic rings. The summed E-state index contributed by atoms with van der Waals surface area (Å²) in [7, 11) is 3.75. The minimum atomic E-state index is 0. The topological polar surface area (TPSA) is 92.3 Å². The van der Waals surface area contributed by atoms with Gasteiger partial charge in [-0.25, -0.2) is 4.98 Å². The molecule has 0 amide bonds. The summed E-state index contributed by atoms with van der Waals surface area (Å²) < 4.78 is 5.26. The Hall–Kier alpha value is -2.08. The highest BCUT2D eigenvalue weighted by Gasteiger charge is 2.11. The van der Waals surface area contributed by atoms with Crippen molar-refractivity contribution in [3.8, 4) is 11.6 Å². The molecule has 3 heterocycles. The lowest BCUT2D eigenvalue weighted by Gasteiger charge is -2.20. The van der Waals surface area contributed by atoms with Gasteiger partial charge >= 0.3 is 0 Å². The number of hydrogen-bond acceptors (Lipinski definition) is 7. The van der Waals surface area contributed by atoms with Crippen LogP contribution >= 0.6 is 35.3 Å². The molecule has 8 nitrogen and oxygen atoms in total. The average Bonchev–Trinajstić information content (AvgIpc) is 3.28. The number of thiazole rings is 1. The molecule has 0 aliphatic heterocycles. The fourth-order valence-electron chi connectivity index (χ4n) is 2.42. The van der Waals surface area contributed by atoms with Gasteiger partial charge in [0, 0.05) is 38.6 Å². The van der Waals surface area contributed by atoms with Crippen LogP contribution in [-0.2, 0) is 13.0 Å². The van der Waals surface area contributed by atoms with Crippen molar-refractivity contribution in [3.63, 3.8) is 0 Å². The minimum Gasteiger partial charge on any atom is -0.356 e. The molecule has 0 aliphatic carbocycles. The van der Waals surface area contributed by atoms with Crippen LogP contribution < -0.4 is 5.32 Å². The number of pyridine rings is 1. The smallest absolute Gasteiger partial charge is 0.276 e. The molecular formula is C17H22IN7OS. The first kappa shape index (κ1) is 21.2. The standard InChI is InChI=1S/C17H21N7OS.HI/c1-12-21-13(11-26-12)10-24(3)17(18-2)20-9-7-15-22-16(25-23-15)14-6-4-5-8-19-14;/h4-6,8,11H,7,9-10H2,1-3H3,(H,18,20);1H. The van der Waals surface area contributed by atoms with E-state index in [2.05, 4.69) is 35.8 Å². The van der Waals surface area contributed by atoms with E-state index in [-0.39, 0.29) is 24.0 Å². The number of halogens is 1. The quantitative estimate of drug-likeness (QED) is 0.317. The Balaban J connectivity index is 0.00000261. The van der Waals surface area contributed by atoms with Crippen molar-refractivity contribution in [2.24, 2.45) is 4.99 Å². The zero-order valence-electron chi connectivity index (χ0n) is 15.4. The van der Waals surface area contributed by atoms with Crippen molar-refractivity contribution in [1.29, 1.82) is 0 Å². The first-order chi connectivity index (χ1) is 12.7. The number of rotatable bonds is 6. The third-order valence-corrected chi connectivity index (χ3v) is 4.45. The molecule has 3 aromatic heterocycles. The molecule has 0 atom stereocenters. The highest BCUT2D eigenvalue weighted by Crippen LogP contribution is 2.13. The van der Waals surface area contributed by atoms with E-state index >= 15 is 0 Å². The number of hydrogen-bond donors (Lipinski definition) is 1. The Kier molecular flexibility index (Phi) is 8.10. The van der Waals surface area contributed by atoms with Gasteiger partial charge in [-0.2, -0.15) is 4.98 Å². The van der Waals surface area contributed by atoms with Crippen LogP contribution in [0.2, 0.25) is 0 Å². The van der Waals surface area contributed by atoms with Crippen LogP contribution in [0.15, 0.2) is 39.3 Å². The van der Waals surface area contributed by atoms with Crippen LogP contribution in [0, 0.1) is 6.92 Å². The normalized spacial score (nSPS) is 11.1. The van der Waals surface area contributed by atoms with Crippen LogP contribution in [0.4, 0.5) is 0 Å². The zero-order chi connectivity index (χ0) is 18.4. The summed E-state index contributed by atoms with van der Waals surface area (Å²) in [6.07, 6.45) is 2.32. The molecule has 0 saturated heterocycles. The molecule has 27 heavy (non-hydrogen) atoms. The van der Waals surface area contributed by atoms with Crippen molar-refractivity contribution in [3.05, 3.63) is 46.3 Å². The number of aliphatic imine (C=N–C) groups is 1. The lowest BCUT2D eigenvalue weighted by atomic mass is 10.3. The van der Waals surface area contributed by atoms with E-state index < -0.39 is 0 Å². The molecule has 3 rings (SSSR count). The fourth-order valence-corrected chi connectivity index (χ4v) is 3.02. The molecule has 0 saturated carbocycles. The minimum absolute atomic E-state index is 0. The van der Waals surface area contributed by atoms with E-state index in [0.717, 1.165) is 16.7 Å². The molecular weight excluding hydrogens is 477 g/mol. The van der Waals surface area contributed by atoms with Crippen LogP contribution in [0.25, 0.3) is 11.6 Å². The van der Waals surface area contributed by atoms with Crippen molar-refractivity contribution >= 4 is 41.3 Å². The average molecular weight is 499 g/mol. The maximum absolute atomic E-state index is 5.26. The van der Waals surface area contributed by atoms with Crippen LogP contribution in [-0.4, -0.2) is 51.6 Å². The lowest BCUT2D eigenvalue weighted by molar-refractivity contribution is 0.420. The second-order valence-electron chi connectivity index (χ2n) is 5.67. The van der Waals surface area contributed by atoms with Crippen molar-refractivity contribution in [2.75, 3.05) is 20.6 Å². The van der Waals surface area contributed by atoms with Gasteiger partial charge in [-0.15, -0.1) is 35.3 Å². The second-order valence-corrected chi connectivity index (χ2v) is 6.73. The summed E-state index contributed by atoms with van der Waals surface area (Å²) in [5.74, 6) is 1.86. The summed E-state index contributed by atoms with van der Waals surface area (Å²) in [5.41, 5.74) is 1.71.